The summed E-state index contributed by atoms with van der Waals surface area (Å²) in [5.41, 5.74) is 0.660. The van der Waals surface area contributed by atoms with Crippen LogP contribution >= 0.6 is 0 Å². The number of nitrogens with zero attached hydrogens (tertiary/aromatic N) is 2. The summed E-state index contributed by atoms with van der Waals surface area (Å²) in [6.07, 6.45) is 5.32. The molecule has 4 nitrogen and oxygen atoms in total. The van der Waals surface area contributed by atoms with Crippen molar-refractivity contribution in [3.8, 4) is 0 Å². The Hall–Kier alpha value is -1.84. The van der Waals surface area contributed by atoms with Crippen molar-refractivity contribution in [2.24, 2.45) is 5.92 Å². The summed E-state index contributed by atoms with van der Waals surface area (Å²) in [5.74, 6) is 1.47. The Balaban J connectivity index is 1.91. The van der Waals surface area contributed by atoms with E-state index in [0.717, 1.165) is 18.8 Å². The summed E-state index contributed by atoms with van der Waals surface area (Å²) in [4.78, 5) is 16.4. The van der Waals surface area contributed by atoms with Crippen LogP contribution in [0.3, 0.4) is 0 Å². The highest BCUT2D eigenvalue weighted by Crippen LogP contribution is 2.26. The molecule has 0 radical (unpaired) electrons. The van der Waals surface area contributed by atoms with Gasteiger partial charge in [-0.15, -0.1) is 0 Å². The van der Waals surface area contributed by atoms with Crippen LogP contribution in [0.15, 0.2) is 35.3 Å². The molecular weight excluding hydrogens is 226 g/mol. The molecule has 3 rings (SSSR count). The lowest BCUT2D eigenvalue weighted by Gasteiger charge is -2.13. The number of fused-ring (bicyclic) bond motifs is 1. The van der Waals surface area contributed by atoms with Crippen LogP contribution in [0.1, 0.15) is 26.2 Å². The van der Waals surface area contributed by atoms with Crippen LogP contribution in [-0.4, -0.2) is 15.4 Å². The zero-order valence-corrected chi connectivity index (χ0v) is 10.5. The second kappa shape index (κ2) is 4.44. The molecule has 0 aliphatic heterocycles. The lowest BCUT2D eigenvalue weighted by atomic mass is 10.1. The van der Waals surface area contributed by atoms with Gasteiger partial charge in [-0.05, 0) is 37.3 Å². The molecule has 0 aromatic carbocycles. The number of aromatic nitrogens is 2. The fraction of sp³-hybridized carbons (Fsp3) is 0.429. The van der Waals surface area contributed by atoms with Gasteiger partial charge in [0.1, 0.15) is 11.5 Å². The predicted octanol–water partition coefficient (Wildman–Crippen LogP) is 2.29. The van der Waals surface area contributed by atoms with Crippen molar-refractivity contribution in [3.05, 3.63) is 40.8 Å². The molecule has 94 valence electrons. The molecule has 2 aromatic rings. The van der Waals surface area contributed by atoms with Gasteiger partial charge < -0.3 is 5.32 Å². The predicted molar refractivity (Wildman–Crippen MR) is 71.9 cm³/mol. The Kier molecular flexibility index (Phi) is 2.78. The van der Waals surface area contributed by atoms with Crippen molar-refractivity contribution in [1.82, 2.24) is 9.38 Å². The van der Waals surface area contributed by atoms with Gasteiger partial charge in [0, 0.05) is 18.3 Å². The minimum Gasteiger partial charge on any atom is -0.367 e. The molecule has 1 aliphatic rings. The molecule has 1 fully saturated rings. The second-order valence-electron chi connectivity index (χ2n) is 5.17. The molecule has 0 amide bonds. The summed E-state index contributed by atoms with van der Waals surface area (Å²) < 4.78 is 1.56. The summed E-state index contributed by atoms with van der Waals surface area (Å²) in [6, 6.07) is 7.61. The smallest absolute Gasteiger partial charge is 0.259 e. The van der Waals surface area contributed by atoms with E-state index in [2.05, 4.69) is 17.2 Å². The maximum Gasteiger partial charge on any atom is 0.259 e. The van der Waals surface area contributed by atoms with E-state index in [9.17, 15) is 4.79 Å². The fourth-order valence-corrected chi connectivity index (χ4v) is 2.68. The van der Waals surface area contributed by atoms with Crippen LogP contribution in [0, 0.1) is 5.92 Å². The van der Waals surface area contributed by atoms with E-state index in [1.165, 1.54) is 6.42 Å². The number of nitrogens with one attached hydrogen (secondary N) is 1. The van der Waals surface area contributed by atoms with Crippen LogP contribution in [0.5, 0.6) is 0 Å². The van der Waals surface area contributed by atoms with Gasteiger partial charge in [-0.3, -0.25) is 9.20 Å². The van der Waals surface area contributed by atoms with E-state index in [0.29, 0.717) is 17.5 Å². The quantitative estimate of drug-likeness (QED) is 0.880. The van der Waals surface area contributed by atoms with Gasteiger partial charge in [0.05, 0.1) is 0 Å². The Morgan fingerprint density at radius 2 is 2.28 bits per heavy atom. The molecule has 0 spiro atoms. The minimum atomic E-state index is -0.0332. The molecule has 2 heterocycles. The van der Waals surface area contributed by atoms with Crippen molar-refractivity contribution in [3.63, 3.8) is 0 Å². The standard InChI is InChI=1S/C14H17N3O/c1-10-5-6-11(8-10)15-12-9-14(18)17-7-3-2-4-13(17)16-12/h2-4,7,9-11,15H,5-6,8H2,1H3. The summed E-state index contributed by atoms with van der Waals surface area (Å²) in [6.45, 7) is 2.27. The molecule has 1 saturated carbocycles. The fourth-order valence-electron chi connectivity index (χ4n) is 2.68. The average Bonchev–Trinajstić information content (AvgIpc) is 2.75. The lowest BCUT2D eigenvalue weighted by Crippen LogP contribution is -2.20. The molecule has 1 aliphatic carbocycles. The summed E-state index contributed by atoms with van der Waals surface area (Å²) >= 11 is 0. The SMILES string of the molecule is CC1CCC(Nc2cc(=O)n3ccccc3n2)C1. The maximum absolute atomic E-state index is 11.9. The van der Waals surface area contributed by atoms with E-state index < -0.39 is 0 Å². The van der Waals surface area contributed by atoms with Crippen LogP contribution < -0.4 is 10.9 Å². The van der Waals surface area contributed by atoms with Crippen molar-refractivity contribution in [1.29, 1.82) is 0 Å². The zero-order chi connectivity index (χ0) is 12.5. The van der Waals surface area contributed by atoms with Gasteiger partial charge in [0.15, 0.2) is 0 Å². The highest BCUT2D eigenvalue weighted by Gasteiger charge is 2.21. The van der Waals surface area contributed by atoms with Crippen molar-refractivity contribution >= 4 is 11.5 Å². The van der Waals surface area contributed by atoms with Gasteiger partial charge in [0.25, 0.3) is 5.56 Å². The van der Waals surface area contributed by atoms with E-state index in [1.807, 2.05) is 18.2 Å². The lowest BCUT2D eigenvalue weighted by molar-refractivity contribution is 0.602. The minimum absolute atomic E-state index is 0.0332. The van der Waals surface area contributed by atoms with Gasteiger partial charge in [-0.25, -0.2) is 4.98 Å². The van der Waals surface area contributed by atoms with E-state index in [-0.39, 0.29) is 5.56 Å². The number of hydrogen-bond donors (Lipinski definition) is 1. The first kappa shape index (κ1) is 11.3. The molecule has 2 atom stereocenters. The Labute approximate surface area is 106 Å². The molecule has 0 bridgehead atoms. The molecule has 1 N–H and O–H groups in total. The van der Waals surface area contributed by atoms with Crippen molar-refractivity contribution in [2.45, 2.75) is 32.2 Å². The Morgan fingerprint density at radius 3 is 3.06 bits per heavy atom. The van der Waals surface area contributed by atoms with Gasteiger partial charge >= 0.3 is 0 Å². The zero-order valence-electron chi connectivity index (χ0n) is 10.5. The first-order chi connectivity index (χ1) is 8.72. The average molecular weight is 243 g/mol. The van der Waals surface area contributed by atoms with Crippen LogP contribution in [0.2, 0.25) is 0 Å². The van der Waals surface area contributed by atoms with Crippen LogP contribution in [0.25, 0.3) is 5.65 Å². The first-order valence-electron chi connectivity index (χ1n) is 6.47. The second-order valence-corrected chi connectivity index (χ2v) is 5.17. The summed E-state index contributed by atoms with van der Waals surface area (Å²) in [7, 11) is 0. The third-order valence-corrected chi connectivity index (χ3v) is 3.62. The monoisotopic (exact) mass is 243 g/mol. The first-order valence-corrected chi connectivity index (χ1v) is 6.47. The molecule has 4 heteroatoms. The molecular formula is C14H17N3O. The van der Waals surface area contributed by atoms with E-state index >= 15 is 0 Å². The highest BCUT2D eigenvalue weighted by atomic mass is 16.1. The van der Waals surface area contributed by atoms with E-state index in [1.54, 1.807) is 16.7 Å². The molecule has 2 unspecified atom stereocenters. The normalized spacial score (nSPS) is 23.4. The highest BCUT2D eigenvalue weighted by molar-refractivity contribution is 5.46. The molecule has 18 heavy (non-hydrogen) atoms. The largest absolute Gasteiger partial charge is 0.367 e. The van der Waals surface area contributed by atoms with Crippen molar-refractivity contribution in [2.75, 3.05) is 5.32 Å². The van der Waals surface area contributed by atoms with Crippen molar-refractivity contribution < 1.29 is 0 Å². The number of pyridine rings is 1. The van der Waals surface area contributed by atoms with Gasteiger partial charge in [0.2, 0.25) is 0 Å². The van der Waals surface area contributed by atoms with Crippen LogP contribution in [-0.2, 0) is 0 Å². The number of rotatable bonds is 2. The third kappa shape index (κ3) is 2.10. The topological polar surface area (TPSA) is 46.4 Å². The molecule has 2 aromatic heterocycles. The summed E-state index contributed by atoms with van der Waals surface area (Å²) in [5, 5.41) is 3.38. The Bertz CT molecular complexity index is 620. The van der Waals surface area contributed by atoms with Gasteiger partial charge in [-0.2, -0.15) is 0 Å². The number of hydrogen-bond acceptors (Lipinski definition) is 3. The van der Waals surface area contributed by atoms with Gasteiger partial charge in [-0.1, -0.05) is 13.0 Å². The third-order valence-electron chi connectivity index (χ3n) is 3.62. The van der Waals surface area contributed by atoms with Crippen LogP contribution in [0.4, 0.5) is 5.82 Å². The Morgan fingerprint density at radius 1 is 1.39 bits per heavy atom. The number of anilines is 1. The van der Waals surface area contributed by atoms with E-state index in [4.69, 9.17) is 0 Å². The molecule has 0 saturated heterocycles. The maximum atomic E-state index is 11.9.